The van der Waals surface area contributed by atoms with Gasteiger partial charge in [0.15, 0.2) is 0 Å². The smallest absolute Gasteiger partial charge is 0.124 e. The van der Waals surface area contributed by atoms with Crippen molar-refractivity contribution in [3.05, 3.63) is 34.6 Å². The molecule has 2 aliphatic heterocycles. The van der Waals surface area contributed by atoms with Gasteiger partial charge in [-0.05, 0) is 57.1 Å². The Labute approximate surface area is 136 Å². The third-order valence-corrected chi connectivity index (χ3v) is 5.86. The molecular weight excluding hydrogens is 303 g/mol. The van der Waals surface area contributed by atoms with Crippen molar-refractivity contribution in [3.63, 3.8) is 0 Å². The summed E-state index contributed by atoms with van der Waals surface area (Å²) < 4.78 is 13.2. The van der Waals surface area contributed by atoms with E-state index in [2.05, 4.69) is 16.8 Å². The molecule has 22 heavy (non-hydrogen) atoms. The van der Waals surface area contributed by atoms with Crippen molar-refractivity contribution in [3.8, 4) is 0 Å². The first-order chi connectivity index (χ1) is 10.5. The summed E-state index contributed by atoms with van der Waals surface area (Å²) in [6.07, 6.45) is 3.29. The molecule has 0 aliphatic carbocycles. The highest BCUT2D eigenvalue weighted by Gasteiger charge is 2.46. The number of benzene rings is 1. The van der Waals surface area contributed by atoms with Crippen molar-refractivity contribution in [2.24, 2.45) is 5.41 Å². The van der Waals surface area contributed by atoms with Crippen LogP contribution < -0.4 is 0 Å². The van der Waals surface area contributed by atoms with Crippen LogP contribution >= 0.6 is 11.6 Å². The predicted molar refractivity (Wildman–Crippen MR) is 86.5 cm³/mol. The lowest BCUT2D eigenvalue weighted by atomic mass is 9.69. The van der Waals surface area contributed by atoms with Crippen LogP contribution in [0.1, 0.15) is 24.8 Å². The molecule has 122 valence electrons. The molecule has 2 aliphatic rings. The first-order valence-electron chi connectivity index (χ1n) is 8.01. The number of fused-ring (bicyclic) bond motifs is 1. The van der Waals surface area contributed by atoms with Crippen molar-refractivity contribution in [1.29, 1.82) is 0 Å². The molecule has 1 N–H and O–H groups in total. The molecule has 3 nitrogen and oxygen atoms in total. The van der Waals surface area contributed by atoms with Gasteiger partial charge in [-0.2, -0.15) is 0 Å². The Bertz CT molecular complexity index is 541. The summed E-state index contributed by atoms with van der Waals surface area (Å²) in [5.41, 5.74) is 1.02. The Morgan fingerprint density at radius 1 is 1.36 bits per heavy atom. The first kappa shape index (κ1) is 16.2. The van der Waals surface area contributed by atoms with Gasteiger partial charge in [-0.1, -0.05) is 17.7 Å². The standard InChI is InChI=1S/C17H24ClFN2O/c1-20-7-2-5-17(12-22)6-8-21(11-16(17)20)10-13-3-4-14(19)9-15(13)18/h3-4,9,16,22H,2,5-8,10-12H2,1H3/t16-,17-/m1/s1. The van der Waals surface area contributed by atoms with E-state index >= 15 is 0 Å². The van der Waals surface area contributed by atoms with Crippen LogP contribution in [0.5, 0.6) is 0 Å². The number of nitrogens with zero attached hydrogens (tertiary/aromatic N) is 2. The lowest BCUT2D eigenvalue weighted by Gasteiger charge is -2.53. The van der Waals surface area contributed by atoms with Gasteiger partial charge in [0.2, 0.25) is 0 Å². The maximum atomic E-state index is 13.2. The van der Waals surface area contributed by atoms with Gasteiger partial charge in [0, 0.05) is 29.6 Å². The topological polar surface area (TPSA) is 26.7 Å². The Morgan fingerprint density at radius 3 is 2.91 bits per heavy atom. The summed E-state index contributed by atoms with van der Waals surface area (Å²) in [4.78, 5) is 4.76. The van der Waals surface area contributed by atoms with E-state index in [1.54, 1.807) is 6.07 Å². The summed E-state index contributed by atoms with van der Waals surface area (Å²) in [5.74, 6) is -0.293. The minimum atomic E-state index is -0.293. The summed E-state index contributed by atoms with van der Waals surface area (Å²) in [6, 6.07) is 5.01. The number of piperidine rings is 2. The molecule has 0 aromatic heterocycles. The number of aliphatic hydroxyl groups excluding tert-OH is 1. The summed E-state index contributed by atoms with van der Waals surface area (Å²) >= 11 is 6.15. The Hall–Kier alpha value is -0.680. The summed E-state index contributed by atoms with van der Waals surface area (Å²) in [5, 5.41) is 10.4. The minimum Gasteiger partial charge on any atom is -0.396 e. The highest BCUT2D eigenvalue weighted by Crippen LogP contribution is 2.41. The zero-order chi connectivity index (χ0) is 15.7. The van der Waals surface area contributed by atoms with Gasteiger partial charge in [-0.15, -0.1) is 0 Å². The van der Waals surface area contributed by atoms with Crippen LogP contribution in [0.15, 0.2) is 18.2 Å². The van der Waals surface area contributed by atoms with Crippen molar-refractivity contribution in [2.45, 2.75) is 31.8 Å². The number of likely N-dealkylation sites (N-methyl/N-ethyl adjacent to an activating group) is 1. The number of aliphatic hydroxyl groups is 1. The predicted octanol–water partition coefficient (Wildman–Crippen LogP) is 2.76. The fourth-order valence-corrected chi connectivity index (χ4v) is 4.34. The highest BCUT2D eigenvalue weighted by atomic mass is 35.5. The molecule has 1 aromatic carbocycles. The molecule has 1 aromatic rings. The van der Waals surface area contributed by atoms with Gasteiger partial charge in [0.25, 0.3) is 0 Å². The van der Waals surface area contributed by atoms with Gasteiger partial charge in [-0.25, -0.2) is 4.39 Å². The second kappa shape index (κ2) is 6.44. The highest BCUT2D eigenvalue weighted by molar-refractivity contribution is 6.31. The molecule has 5 heteroatoms. The largest absolute Gasteiger partial charge is 0.396 e. The van der Waals surface area contributed by atoms with E-state index in [9.17, 15) is 9.50 Å². The minimum absolute atomic E-state index is 0.0517. The fraction of sp³-hybridized carbons (Fsp3) is 0.647. The molecule has 0 amide bonds. The third kappa shape index (κ3) is 3.02. The molecule has 0 saturated carbocycles. The van der Waals surface area contributed by atoms with E-state index in [1.165, 1.54) is 12.1 Å². The summed E-state index contributed by atoms with van der Waals surface area (Å²) in [6.45, 7) is 4.00. The summed E-state index contributed by atoms with van der Waals surface area (Å²) in [7, 11) is 2.16. The van der Waals surface area contributed by atoms with Crippen LogP contribution in [-0.2, 0) is 6.54 Å². The molecule has 2 fully saturated rings. The maximum Gasteiger partial charge on any atom is 0.124 e. The van der Waals surface area contributed by atoms with Crippen LogP contribution in [0, 0.1) is 11.2 Å². The monoisotopic (exact) mass is 326 g/mol. The Balaban J connectivity index is 1.72. The Morgan fingerprint density at radius 2 is 2.18 bits per heavy atom. The number of likely N-dealkylation sites (tertiary alicyclic amines) is 2. The van der Waals surface area contributed by atoms with E-state index in [4.69, 9.17) is 11.6 Å². The fourth-order valence-electron chi connectivity index (χ4n) is 4.11. The average Bonchev–Trinajstić information content (AvgIpc) is 2.51. The molecule has 0 unspecified atom stereocenters. The lowest BCUT2D eigenvalue weighted by molar-refractivity contribution is -0.0684. The molecule has 0 bridgehead atoms. The first-order valence-corrected chi connectivity index (χ1v) is 8.39. The van der Waals surface area contributed by atoms with Crippen molar-refractivity contribution >= 4 is 11.6 Å². The molecule has 3 rings (SSSR count). The zero-order valence-corrected chi connectivity index (χ0v) is 13.8. The Kier molecular flexibility index (Phi) is 4.74. The van der Waals surface area contributed by atoms with Gasteiger partial charge < -0.3 is 10.0 Å². The van der Waals surface area contributed by atoms with Gasteiger partial charge in [0.1, 0.15) is 5.82 Å². The molecule has 2 saturated heterocycles. The third-order valence-electron chi connectivity index (χ3n) is 5.51. The second-order valence-corrected chi connectivity index (χ2v) is 7.25. The van der Waals surface area contributed by atoms with E-state index in [-0.39, 0.29) is 17.8 Å². The van der Waals surface area contributed by atoms with E-state index < -0.39 is 0 Å². The quantitative estimate of drug-likeness (QED) is 0.925. The van der Waals surface area contributed by atoms with Gasteiger partial charge in [-0.3, -0.25) is 4.90 Å². The number of rotatable bonds is 3. The van der Waals surface area contributed by atoms with Crippen molar-refractivity contribution in [1.82, 2.24) is 9.80 Å². The maximum absolute atomic E-state index is 13.2. The number of halogens is 2. The average molecular weight is 327 g/mol. The van der Waals surface area contributed by atoms with Crippen LogP contribution in [0.3, 0.4) is 0 Å². The van der Waals surface area contributed by atoms with Crippen LogP contribution in [0.4, 0.5) is 4.39 Å². The normalized spacial score (nSPS) is 30.3. The lowest BCUT2D eigenvalue weighted by Crippen LogP contribution is -2.61. The van der Waals surface area contributed by atoms with E-state index in [0.29, 0.717) is 11.1 Å². The molecule has 0 spiro atoms. The van der Waals surface area contributed by atoms with Crippen molar-refractivity contribution < 1.29 is 9.50 Å². The molecule has 0 radical (unpaired) electrons. The molecule has 2 atom stereocenters. The second-order valence-electron chi connectivity index (χ2n) is 6.84. The molecular formula is C17H24ClFN2O. The van der Waals surface area contributed by atoms with Gasteiger partial charge in [0.05, 0.1) is 6.61 Å². The van der Waals surface area contributed by atoms with Crippen LogP contribution in [0.2, 0.25) is 5.02 Å². The number of hydrogen-bond acceptors (Lipinski definition) is 3. The van der Waals surface area contributed by atoms with E-state index in [1.807, 2.05) is 0 Å². The van der Waals surface area contributed by atoms with Crippen LogP contribution in [-0.4, -0.2) is 54.2 Å². The van der Waals surface area contributed by atoms with E-state index in [0.717, 1.165) is 51.0 Å². The van der Waals surface area contributed by atoms with Crippen molar-refractivity contribution in [2.75, 3.05) is 33.3 Å². The molecule has 2 heterocycles. The SMILES string of the molecule is CN1CCC[C@]2(CO)CCN(Cc3ccc(F)cc3Cl)C[C@@H]12. The zero-order valence-electron chi connectivity index (χ0n) is 13.1. The number of hydrogen-bond donors (Lipinski definition) is 1. The van der Waals surface area contributed by atoms with Crippen LogP contribution in [0.25, 0.3) is 0 Å². The van der Waals surface area contributed by atoms with Gasteiger partial charge >= 0.3 is 0 Å².